The first-order valence-corrected chi connectivity index (χ1v) is 4.94. The lowest BCUT2D eigenvalue weighted by Crippen LogP contribution is -2.08. The standard InChI is InChI=1S/C10H12BrNO/c1-7-3-2-4-8(10(7)11)9(13)5-6-12/h2-4H,5-6,12H2,1H3. The smallest absolute Gasteiger partial charge is 0.165 e. The van der Waals surface area contributed by atoms with Gasteiger partial charge in [-0.3, -0.25) is 4.79 Å². The largest absolute Gasteiger partial charge is 0.330 e. The van der Waals surface area contributed by atoms with E-state index >= 15 is 0 Å². The van der Waals surface area contributed by atoms with E-state index in [2.05, 4.69) is 15.9 Å². The number of benzene rings is 1. The normalized spacial score (nSPS) is 10.1. The number of halogens is 1. The van der Waals surface area contributed by atoms with Gasteiger partial charge in [-0.25, -0.2) is 0 Å². The number of ketones is 1. The van der Waals surface area contributed by atoms with Crippen molar-refractivity contribution in [3.8, 4) is 0 Å². The van der Waals surface area contributed by atoms with Crippen molar-refractivity contribution in [2.75, 3.05) is 6.54 Å². The first-order valence-electron chi connectivity index (χ1n) is 4.15. The molecule has 13 heavy (non-hydrogen) atoms. The molecule has 0 bridgehead atoms. The maximum Gasteiger partial charge on any atom is 0.165 e. The van der Waals surface area contributed by atoms with Gasteiger partial charge in [0.1, 0.15) is 0 Å². The van der Waals surface area contributed by atoms with Crippen LogP contribution in [-0.4, -0.2) is 12.3 Å². The molecule has 70 valence electrons. The lowest BCUT2D eigenvalue weighted by molar-refractivity contribution is 0.0984. The second-order valence-electron chi connectivity index (χ2n) is 2.90. The average molecular weight is 242 g/mol. The SMILES string of the molecule is Cc1cccc(C(=O)CCN)c1Br. The highest BCUT2D eigenvalue weighted by Gasteiger charge is 2.09. The molecule has 2 nitrogen and oxygen atoms in total. The molecule has 3 heteroatoms. The summed E-state index contributed by atoms with van der Waals surface area (Å²) in [7, 11) is 0. The van der Waals surface area contributed by atoms with E-state index < -0.39 is 0 Å². The van der Waals surface area contributed by atoms with Crippen molar-refractivity contribution in [1.29, 1.82) is 0 Å². The van der Waals surface area contributed by atoms with Gasteiger partial charge >= 0.3 is 0 Å². The Bertz CT molecular complexity index is 323. The van der Waals surface area contributed by atoms with E-state index in [4.69, 9.17) is 5.73 Å². The Morgan fingerprint density at radius 3 is 2.85 bits per heavy atom. The van der Waals surface area contributed by atoms with Crippen LogP contribution in [0.3, 0.4) is 0 Å². The summed E-state index contributed by atoms with van der Waals surface area (Å²) in [5.41, 5.74) is 7.12. The third kappa shape index (κ3) is 2.39. The van der Waals surface area contributed by atoms with Crippen LogP contribution in [0.1, 0.15) is 22.3 Å². The second-order valence-corrected chi connectivity index (χ2v) is 3.69. The molecule has 0 radical (unpaired) electrons. The summed E-state index contributed by atoms with van der Waals surface area (Å²) in [5.74, 6) is 0.0954. The van der Waals surface area contributed by atoms with E-state index in [1.165, 1.54) is 0 Å². The maximum absolute atomic E-state index is 11.5. The molecule has 0 fully saturated rings. The summed E-state index contributed by atoms with van der Waals surface area (Å²) < 4.78 is 0.883. The summed E-state index contributed by atoms with van der Waals surface area (Å²) in [4.78, 5) is 11.5. The maximum atomic E-state index is 11.5. The quantitative estimate of drug-likeness (QED) is 0.826. The molecule has 0 amide bonds. The fourth-order valence-electron chi connectivity index (χ4n) is 1.13. The number of hydrogen-bond donors (Lipinski definition) is 1. The number of rotatable bonds is 3. The number of aryl methyl sites for hydroxylation is 1. The molecule has 0 aliphatic carbocycles. The van der Waals surface area contributed by atoms with Gasteiger partial charge in [0, 0.05) is 16.5 Å². The highest BCUT2D eigenvalue weighted by molar-refractivity contribution is 9.10. The van der Waals surface area contributed by atoms with Crippen LogP contribution in [0.15, 0.2) is 22.7 Å². The Labute approximate surface area is 86.3 Å². The van der Waals surface area contributed by atoms with Gasteiger partial charge in [-0.2, -0.15) is 0 Å². The van der Waals surface area contributed by atoms with Gasteiger partial charge in [0.2, 0.25) is 0 Å². The molecule has 0 atom stereocenters. The summed E-state index contributed by atoms with van der Waals surface area (Å²) in [6.45, 7) is 2.36. The molecule has 1 aromatic carbocycles. The van der Waals surface area contributed by atoms with Gasteiger partial charge in [-0.15, -0.1) is 0 Å². The zero-order valence-corrected chi connectivity index (χ0v) is 9.10. The molecule has 0 spiro atoms. The van der Waals surface area contributed by atoms with Gasteiger partial charge in [0.05, 0.1) is 0 Å². The minimum Gasteiger partial charge on any atom is -0.330 e. The number of Topliss-reactive ketones (excluding diaryl/α,β-unsaturated/α-hetero) is 1. The molecule has 0 aliphatic rings. The monoisotopic (exact) mass is 241 g/mol. The Morgan fingerprint density at radius 2 is 2.23 bits per heavy atom. The van der Waals surface area contributed by atoms with Crippen LogP contribution in [0.25, 0.3) is 0 Å². The summed E-state index contributed by atoms with van der Waals surface area (Å²) >= 11 is 3.39. The number of carbonyl (C=O) groups is 1. The minimum atomic E-state index is 0.0954. The van der Waals surface area contributed by atoms with Crippen molar-refractivity contribution < 1.29 is 4.79 Å². The third-order valence-corrected chi connectivity index (χ3v) is 2.92. The van der Waals surface area contributed by atoms with Crippen LogP contribution in [0.4, 0.5) is 0 Å². The highest BCUT2D eigenvalue weighted by atomic mass is 79.9. The number of nitrogens with two attached hydrogens (primary N) is 1. The molecule has 1 aromatic rings. The Hall–Kier alpha value is -0.670. The molecule has 0 saturated carbocycles. The first kappa shape index (κ1) is 10.4. The van der Waals surface area contributed by atoms with Crippen LogP contribution in [-0.2, 0) is 0 Å². The highest BCUT2D eigenvalue weighted by Crippen LogP contribution is 2.21. The van der Waals surface area contributed by atoms with Crippen LogP contribution >= 0.6 is 15.9 Å². The third-order valence-electron chi connectivity index (χ3n) is 1.86. The number of hydrogen-bond acceptors (Lipinski definition) is 2. The molecule has 1 rings (SSSR count). The molecule has 2 N–H and O–H groups in total. The molecular formula is C10H12BrNO. The predicted octanol–water partition coefficient (Wildman–Crippen LogP) is 2.29. The van der Waals surface area contributed by atoms with Crippen LogP contribution < -0.4 is 5.73 Å². The van der Waals surface area contributed by atoms with Gasteiger partial charge < -0.3 is 5.73 Å². The van der Waals surface area contributed by atoms with Gasteiger partial charge in [0.25, 0.3) is 0 Å². The fourth-order valence-corrected chi connectivity index (χ4v) is 1.61. The van der Waals surface area contributed by atoms with E-state index in [9.17, 15) is 4.79 Å². The van der Waals surface area contributed by atoms with Gasteiger partial charge in [0.15, 0.2) is 5.78 Å². The zero-order valence-electron chi connectivity index (χ0n) is 7.51. The molecular weight excluding hydrogens is 230 g/mol. The minimum absolute atomic E-state index is 0.0954. The molecule has 0 unspecified atom stereocenters. The van der Waals surface area contributed by atoms with Crippen molar-refractivity contribution in [2.45, 2.75) is 13.3 Å². The van der Waals surface area contributed by atoms with Crippen molar-refractivity contribution in [3.05, 3.63) is 33.8 Å². The van der Waals surface area contributed by atoms with Crippen LogP contribution in [0, 0.1) is 6.92 Å². The Balaban J connectivity index is 3.01. The van der Waals surface area contributed by atoms with E-state index in [0.717, 1.165) is 15.6 Å². The molecule has 0 aromatic heterocycles. The molecule has 0 aliphatic heterocycles. The van der Waals surface area contributed by atoms with Crippen LogP contribution in [0.5, 0.6) is 0 Å². The van der Waals surface area contributed by atoms with E-state index in [0.29, 0.717) is 13.0 Å². The zero-order chi connectivity index (χ0) is 9.84. The van der Waals surface area contributed by atoms with Crippen LogP contribution in [0.2, 0.25) is 0 Å². The number of carbonyl (C=O) groups excluding carboxylic acids is 1. The first-order chi connectivity index (χ1) is 6.16. The topological polar surface area (TPSA) is 43.1 Å². The van der Waals surface area contributed by atoms with E-state index in [-0.39, 0.29) is 5.78 Å². The van der Waals surface area contributed by atoms with E-state index in [1.54, 1.807) is 0 Å². The van der Waals surface area contributed by atoms with Crippen molar-refractivity contribution in [3.63, 3.8) is 0 Å². The van der Waals surface area contributed by atoms with Crippen molar-refractivity contribution in [2.24, 2.45) is 5.73 Å². The van der Waals surface area contributed by atoms with Crippen molar-refractivity contribution >= 4 is 21.7 Å². The predicted molar refractivity (Wildman–Crippen MR) is 56.9 cm³/mol. The second kappa shape index (κ2) is 4.53. The Morgan fingerprint density at radius 1 is 1.54 bits per heavy atom. The fraction of sp³-hybridized carbons (Fsp3) is 0.300. The molecule has 0 saturated heterocycles. The Kier molecular flexibility index (Phi) is 3.63. The molecule has 0 heterocycles. The van der Waals surface area contributed by atoms with E-state index in [1.807, 2.05) is 25.1 Å². The average Bonchev–Trinajstić information content (AvgIpc) is 2.10. The summed E-state index contributed by atoms with van der Waals surface area (Å²) in [5, 5.41) is 0. The summed E-state index contributed by atoms with van der Waals surface area (Å²) in [6.07, 6.45) is 0.405. The lowest BCUT2D eigenvalue weighted by atomic mass is 10.1. The van der Waals surface area contributed by atoms with Crippen molar-refractivity contribution in [1.82, 2.24) is 0 Å². The van der Waals surface area contributed by atoms with Gasteiger partial charge in [-0.05, 0) is 35.0 Å². The summed E-state index contributed by atoms with van der Waals surface area (Å²) in [6, 6.07) is 5.65. The lowest BCUT2D eigenvalue weighted by Gasteiger charge is -2.04. The van der Waals surface area contributed by atoms with Gasteiger partial charge in [-0.1, -0.05) is 18.2 Å².